The van der Waals surface area contributed by atoms with Crippen LogP contribution in [0.1, 0.15) is 15.9 Å². The molecule has 0 fully saturated rings. The van der Waals surface area contributed by atoms with Gasteiger partial charge in [0.15, 0.2) is 17.3 Å². The van der Waals surface area contributed by atoms with E-state index < -0.39 is 17.4 Å². The van der Waals surface area contributed by atoms with Crippen molar-refractivity contribution in [1.82, 2.24) is 0 Å². The van der Waals surface area contributed by atoms with E-state index in [1.807, 2.05) is 0 Å². The fourth-order valence-electron chi connectivity index (χ4n) is 1.90. The smallest absolute Gasteiger partial charge is 0.188 e. The van der Waals surface area contributed by atoms with E-state index in [4.69, 9.17) is 9.47 Å². The van der Waals surface area contributed by atoms with Gasteiger partial charge in [-0.1, -0.05) is 12.1 Å². The molecule has 0 aromatic heterocycles. The van der Waals surface area contributed by atoms with Crippen molar-refractivity contribution in [2.24, 2.45) is 0 Å². The lowest BCUT2D eigenvalue weighted by atomic mass is 10.1. The molecule has 0 aliphatic carbocycles. The van der Waals surface area contributed by atoms with E-state index in [2.05, 4.69) is 0 Å². The van der Waals surface area contributed by atoms with Crippen molar-refractivity contribution < 1.29 is 23.0 Å². The van der Waals surface area contributed by atoms with E-state index in [-0.39, 0.29) is 5.56 Å². The average Bonchev–Trinajstić information content (AvgIpc) is 2.54. The molecule has 0 N–H and O–H groups in total. The fourth-order valence-corrected chi connectivity index (χ4v) is 1.90. The number of methoxy groups -OCH3 is 2. The number of hydrogen-bond donors (Lipinski definition) is 0. The van der Waals surface area contributed by atoms with Crippen LogP contribution in [0.3, 0.4) is 0 Å². The number of hydrogen-bond acceptors (Lipinski definition) is 3. The number of carbonyl (C=O) groups excluding carboxylic acids is 1. The molecule has 22 heavy (non-hydrogen) atoms. The van der Waals surface area contributed by atoms with Crippen molar-refractivity contribution in [2.45, 2.75) is 0 Å². The summed E-state index contributed by atoms with van der Waals surface area (Å²) < 4.78 is 36.8. The minimum atomic E-state index is -0.761. The number of ketones is 1. The molecule has 2 aromatic carbocycles. The third-order valence-electron chi connectivity index (χ3n) is 3.03. The number of halogens is 2. The first-order valence-electron chi connectivity index (χ1n) is 6.44. The molecule has 0 heterocycles. The minimum Gasteiger partial charge on any atom is -0.493 e. The Morgan fingerprint density at radius 2 is 1.73 bits per heavy atom. The zero-order valence-electron chi connectivity index (χ0n) is 12.1. The highest BCUT2D eigenvalue weighted by Crippen LogP contribution is 2.28. The Kier molecular flexibility index (Phi) is 4.88. The van der Waals surface area contributed by atoms with E-state index in [1.54, 1.807) is 18.2 Å². The second-order valence-corrected chi connectivity index (χ2v) is 4.44. The maximum Gasteiger partial charge on any atom is 0.188 e. The molecule has 0 spiro atoms. The lowest BCUT2D eigenvalue weighted by Crippen LogP contribution is -1.99. The Morgan fingerprint density at radius 3 is 2.41 bits per heavy atom. The second kappa shape index (κ2) is 6.85. The molecule has 0 aliphatic rings. The molecule has 0 unspecified atom stereocenters. The number of carbonyl (C=O) groups is 1. The predicted octanol–water partition coefficient (Wildman–Crippen LogP) is 3.88. The van der Waals surface area contributed by atoms with Gasteiger partial charge in [0.25, 0.3) is 0 Å². The topological polar surface area (TPSA) is 35.5 Å². The monoisotopic (exact) mass is 304 g/mol. The summed E-state index contributed by atoms with van der Waals surface area (Å²) in [6.07, 6.45) is 2.67. The second-order valence-electron chi connectivity index (χ2n) is 4.44. The van der Waals surface area contributed by atoms with Crippen molar-refractivity contribution in [3.8, 4) is 11.5 Å². The molecule has 2 rings (SSSR count). The Morgan fingerprint density at radius 1 is 1.00 bits per heavy atom. The van der Waals surface area contributed by atoms with Crippen molar-refractivity contribution in [3.05, 3.63) is 65.2 Å². The van der Waals surface area contributed by atoms with Gasteiger partial charge in [0.1, 0.15) is 11.6 Å². The first kappa shape index (κ1) is 15.7. The van der Waals surface area contributed by atoms with Gasteiger partial charge in [-0.05, 0) is 42.0 Å². The van der Waals surface area contributed by atoms with Gasteiger partial charge < -0.3 is 9.47 Å². The van der Waals surface area contributed by atoms with Crippen LogP contribution in [0, 0.1) is 11.6 Å². The van der Waals surface area contributed by atoms with E-state index in [9.17, 15) is 13.6 Å². The molecule has 3 nitrogen and oxygen atoms in total. The van der Waals surface area contributed by atoms with Crippen LogP contribution in [0.15, 0.2) is 42.5 Å². The van der Waals surface area contributed by atoms with Crippen LogP contribution in [0.2, 0.25) is 0 Å². The van der Waals surface area contributed by atoms with Gasteiger partial charge in [-0.2, -0.15) is 0 Å². The van der Waals surface area contributed by atoms with Gasteiger partial charge in [0, 0.05) is 0 Å². The third-order valence-corrected chi connectivity index (χ3v) is 3.03. The Bertz CT molecular complexity index is 724. The van der Waals surface area contributed by atoms with Crippen LogP contribution in [-0.2, 0) is 0 Å². The van der Waals surface area contributed by atoms with E-state index in [0.29, 0.717) is 17.1 Å². The molecular weight excluding hydrogens is 290 g/mol. The van der Waals surface area contributed by atoms with Crippen molar-refractivity contribution >= 4 is 11.9 Å². The highest BCUT2D eigenvalue weighted by molar-refractivity contribution is 6.07. The summed E-state index contributed by atoms with van der Waals surface area (Å²) in [6.45, 7) is 0. The Hall–Kier alpha value is -2.69. The lowest BCUT2D eigenvalue weighted by Gasteiger charge is -2.07. The van der Waals surface area contributed by atoms with Gasteiger partial charge in [-0.15, -0.1) is 0 Å². The summed E-state index contributed by atoms with van der Waals surface area (Å²) in [6, 6.07) is 7.83. The van der Waals surface area contributed by atoms with Crippen molar-refractivity contribution in [3.63, 3.8) is 0 Å². The summed E-state index contributed by atoms with van der Waals surface area (Å²) in [5.41, 5.74) is 0.361. The molecule has 114 valence electrons. The first-order chi connectivity index (χ1) is 10.5. The van der Waals surface area contributed by atoms with E-state index >= 15 is 0 Å². The first-order valence-corrected chi connectivity index (χ1v) is 6.44. The van der Waals surface area contributed by atoms with Gasteiger partial charge in [0.2, 0.25) is 0 Å². The van der Waals surface area contributed by atoms with Gasteiger partial charge in [-0.3, -0.25) is 4.79 Å². The molecule has 0 aliphatic heterocycles. The van der Waals surface area contributed by atoms with E-state index in [0.717, 1.165) is 18.2 Å². The van der Waals surface area contributed by atoms with Crippen molar-refractivity contribution in [1.29, 1.82) is 0 Å². The molecule has 0 amide bonds. The number of ether oxygens (including phenoxy) is 2. The van der Waals surface area contributed by atoms with E-state index in [1.165, 1.54) is 26.4 Å². The van der Waals surface area contributed by atoms with Crippen LogP contribution in [-0.4, -0.2) is 20.0 Å². The standard InChI is InChI=1S/C17H14F2O3/c1-21-16-8-4-11(9-17(16)22-2)3-7-15(20)13-10-12(18)5-6-14(13)19/h3-10H,1-2H3/b7-3+. The quantitative estimate of drug-likeness (QED) is 0.621. The largest absolute Gasteiger partial charge is 0.493 e. The summed E-state index contributed by atoms with van der Waals surface area (Å²) in [4.78, 5) is 11.9. The molecule has 0 saturated heterocycles. The SMILES string of the molecule is COc1ccc(/C=C/C(=O)c2cc(F)ccc2F)cc1OC. The highest BCUT2D eigenvalue weighted by Gasteiger charge is 2.10. The maximum atomic E-state index is 13.5. The normalized spacial score (nSPS) is 10.7. The molecule has 2 aromatic rings. The van der Waals surface area contributed by atoms with Crippen LogP contribution in [0.4, 0.5) is 8.78 Å². The summed E-state index contributed by atoms with van der Waals surface area (Å²) in [5.74, 6) is -0.976. The third kappa shape index (κ3) is 3.49. The Labute approximate surface area is 126 Å². The van der Waals surface area contributed by atoms with Crippen molar-refractivity contribution in [2.75, 3.05) is 14.2 Å². The minimum absolute atomic E-state index is 0.309. The predicted molar refractivity (Wildman–Crippen MR) is 79.3 cm³/mol. The Balaban J connectivity index is 2.24. The average molecular weight is 304 g/mol. The number of benzene rings is 2. The lowest BCUT2D eigenvalue weighted by molar-refractivity contribution is 0.104. The highest BCUT2D eigenvalue weighted by atomic mass is 19.1. The zero-order chi connectivity index (χ0) is 16.1. The molecule has 0 saturated carbocycles. The molecule has 5 heteroatoms. The number of rotatable bonds is 5. The van der Waals surface area contributed by atoms with Crippen LogP contribution in [0.25, 0.3) is 6.08 Å². The summed E-state index contributed by atoms with van der Waals surface area (Å²) in [7, 11) is 3.02. The van der Waals surface area contributed by atoms with Crippen LogP contribution in [0.5, 0.6) is 11.5 Å². The zero-order valence-corrected chi connectivity index (χ0v) is 12.1. The molecule has 0 bridgehead atoms. The summed E-state index contributed by atoms with van der Waals surface area (Å²) in [5, 5.41) is 0. The van der Waals surface area contributed by atoms with Gasteiger partial charge in [0.05, 0.1) is 19.8 Å². The fraction of sp³-hybridized carbons (Fsp3) is 0.118. The molecule has 0 atom stereocenters. The maximum absolute atomic E-state index is 13.5. The molecule has 0 radical (unpaired) electrons. The van der Waals surface area contributed by atoms with Crippen LogP contribution < -0.4 is 9.47 Å². The summed E-state index contributed by atoms with van der Waals surface area (Å²) >= 11 is 0. The molecular formula is C17H14F2O3. The van der Waals surface area contributed by atoms with Crippen LogP contribution >= 0.6 is 0 Å². The number of allylic oxidation sites excluding steroid dienone is 1. The van der Waals surface area contributed by atoms with Gasteiger partial charge in [-0.25, -0.2) is 8.78 Å². The van der Waals surface area contributed by atoms with Gasteiger partial charge >= 0.3 is 0 Å².